The summed E-state index contributed by atoms with van der Waals surface area (Å²) in [7, 11) is 3.72. The number of aromatic nitrogens is 2. The molecule has 1 heterocycles. The van der Waals surface area contributed by atoms with Gasteiger partial charge in [0.05, 0.1) is 23.0 Å². The molecule has 1 N–H and O–H groups in total. The Morgan fingerprint density at radius 1 is 1.33 bits per heavy atom. The first-order valence-electron chi connectivity index (χ1n) is 5.34. The second kappa shape index (κ2) is 5.61. The summed E-state index contributed by atoms with van der Waals surface area (Å²) in [5.41, 5.74) is 1.85. The largest absolute Gasteiger partial charge is 0.308 e. The standard InChI is InChI=1S/C12H12BrCl2N3/c1-16-11(12-10(15)6-17-18(12)2)8-5-7(13)3-4-9(8)14/h3-6,11,16H,1-2H3. The quantitative estimate of drug-likeness (QED) is 0.914. The van der Waals surface area contributed by atoms with Crippen LogP contribution in [0.15, 0.2) is 28.9 Å². The molecule has 1 atom stereocenters. The van der Waals surface area contributed by atoms with Gasteiger partial charge in [0.1, 0.15) is 0 Å². The van der Waals surface area contributed by atoms with E-state index in [1.54, 1.807) is 10.9 Å². The Labute approximate surface area is 124 Å². The van der Waals surface area contributed by atoms with Gasteiger partial charge in [-0.05, 0) is 30.8 Å². The maximum atomic E-state index is 6.26. The monoisotopic (exact) mass is 347 g/mol. The van der Waals surface area contributed by atoms with Gasteiger partial charge in [-0.3, -0.25) is 4.68 Å². The lowest BCUT2D eigenvalue weighted by Gasteiger charge is -2.19. The highest BCUT2D eigenvalue weighted by atomic mass is 79.9. The number of nitrogens with zero attached hydrogens (tertiary/aromatic N) is 2. The predicted molar refractivity (Wildman–Crippen MR) is 78.3 cm³/mol. The minimum Gasteiger partial charge on any atom is -0.308 e. The topological polar surface area (TPSA) is 29.9 Å². The van der Waals surface area contributed by atoms with E-state index in [1.807, 2.05) is 32.3 Å². The maximum absolute atomic E-state index is 6.26. The molecular formula is C12H12BrCl2N3. The van der Waals surface area contributed by atoms with Gasteiger partial charge in [0.2, 0.25) is 0 Å². The Morgan fingerprint density at radius 3 is 2.61 bits per heavy atom. The molecule has 0 aliphatic rings. The average molecular weight is 349 g/mol. The molecule has 96 valence electrons. The first-order chi connectivity index (χ1) is 8.54. The van der Waals surface area contributed by atoms with Crippen molar-refractivity contribution in [3.8, 4) is 0 Å². The summed E-state index contributed by atoms with van der Waals surface area (Å²) in [5.74, 6) is 0. The van der Waals surface area contributed by atoms with Gasteiger partial charge in [-0.2, -0.15) is 5.10 Å². The van der Waals surface area contributed by atoms with Crippen molar-refractivity contribution in [1.82, 2.24) is 15.1 Å². The molecule has 6 heteroatoms. The zero-order valence-corrected chi connectivity index (χ0v) is 13.0. The molecule has 0 amide bonds. The molecule has 1 unspecified atom stereocenters. The number of aryl methyl sites for hydroxylation is 1. The van der Waals surface area contributed by atoms with Crippen LogP contribution < -0.4 is 5.32 Å². The van der Waals surface area contributed by atoms with Gasteiger partial charge in [-0.1, -0.05) is 39.1 Å². The fourth-order valence-electron chi connectivity index (χ4n) is 1.92. The molecular weight excluding hydrogens is 337 g/mol. The summed E-state index contributed by atoms with van der Waals surface area (Å²) < 4.78 is 2.72. The van der Waals surface area contributed by atoms with Crippen LogP contribution >= 0.6 is 39.1 Å². The molecule has 0 aliphatic heterocycles. The van der Waals surface area contributed by atoms with E-state index in [2.05, 4.69) is 26.3 Å². The van der Waals surface area contributed by atoms with E-state index in [1.165, 1.54) is 0 Å². The SMILES string of the molecule is CNC(c1cc(Br)ccc1Cl)c1c(Cl)cnn1C. The van der Waals surface area contributed by atoms with E-state index in [4.69, 9.17) is 23.2 Å². The molecule has 0 saturated heterocycles. The van der Waals surface area contributed by atoms with Gasteiger partial charge < -0.3 is 5.32 Å². The molecule has 2 aromatic rings. The molecule has 0 spiro atoms. The lowest BCUT2D eigenvalue weighted by atomic mass is 10.0. The highest BCUT2D eigenvalue weighted by Crippen LogP contribution is 2.33. The highest BCUT2D eigenvalue weighted by molar-refractivity contribution is 9.10. The lowest BCUT2D eigenvalue weighted by Crippen LogP contribution is -2.21. The van der Waals surface area contributed by atoms with Crippen LogP contribution in [0.5, 0.6) is 0 Å². The number of rotatable bonds is 3. The summed E-state index contributed by atoms with van der Waals surface area (Å²) in [5, 5.41) is 8.68. The van der Waals surface area contributed by atoms with Crippen LogP contribution in [0.25, 0.3) is 0 Å². The third-order valence-electron chi connectivity index (χ3n) is 2.77. The normalized spacial score (nSPS) is 12.7. The Hall–Kier alpha value is -0.550. The van der Waals surface area contributed by atoms with E-state index in [0.717, 1.165) is 15.7 Å². The molecule has 0 bridgehead atoms. The Bertz CT molecular complexity index is 549. The first-order valence-corrected chi connectivity index (χ1v) is 6.89. The number of nitrogens with one attached hydrogen (secondary N) is 1. The summed E-state index contributed by atoms with van der Waals surface area (Å²) >= 11 is 15.9. The van der Waals surface area contributed by atoms with E-state index < -0.39 is 0 Å². The van der Waals surface area contributed by atoms with Crippen molar-refractivity contribution >= 4 is 39.1 Å². The fraction of sp³-hybridized carbons (Fsp3) is 0.250. The van der Waals surface area contributed by atoms with Gasteiger partial charge in [-0.25, -0.2) is 0 Å². The van der Waals surface area contributed by atoms with Crippen LogP contribution in [-0.4, -0.2) is 16.8 Å². The Morgan fingerprint density at radius 2 is 2.06 bits per heavy atom. The van der Waals surface area contributed by atoms with E-state index in [0.29, 0.717) is 10.0 Å². The van der Waals surface area contributed by atoms with E-state index >= 15 is 0 Å². The van der Waals surface area contributed by atoms with Crippen molar-refractivity contribution in [2.75, 3.05) is 7.05 Å². The summed E-state index contributed by atoms with van der Waals surface area (Å²) in [6, 6.07) is 5.64. The van der Waals surface area contributed by atoms with Crippen LogP contribution in [0.2, 0.25) is 10.0 Å². The second-order valence-corrected chi connectivity index (χ2v) is 5.62. The second-order valence-electron chi connectivity index (χ2n) is 3.89. The Balaban J connectivity index is 2.55. The maximum Gasteiger partial charge on any atom is 0.0837 e. The minimum absolute atomic E-state index is 0.102. The van der Waals surface area contributed by atoms with Crippen molar-refractivity contribution in [2.24, 2.45) is 7.05 Å². The number of hydrogen-bond donors (Lipinski definition) is 1. The third-order valence-corrected chi connectivity index (χ3v) is 3.90. The molecule has 0 radical (unpaired) electrons. The molecule has 18 heavy (non-hydrogen) atoms. The Kier molecular flexibility index (Phi) is 4.33. The van der Waals surface area contributed by atoms with Gasteiger partial charge in [-0.15, -0.1) is 0 Å². The van der Waals surface area contributed by atoms with Crippen molar-refractivity contribution in [3.63, 3.8) is 0 Å². The lowest BCUT2D eigenvalue weighted by molar-refractivity contribution is 0.606. The van der Waals surface area contributed by atoms with Gasteiger partial charge >= 0.3 is 0 Å². The molecule has 1 aromatic carbocycles. The minimum atomic E-state index is -0.102. The number of benzene rings is 1. The van der Waals surface area contributed by atoms with Gasteiger partial charge in [0.25, 0.3) is 0 Å². The van der Waals surface area contributed by atoms with Crippen molar-refractivity contribution in [3.05, 3.63) is 50.2 Å². The molecule has 3 nitrogen and oxygen atoms in total. The van der Waals surface area contributed by atoms with Crippen molar-refractivity contribution in [1.29, 1.82) is 0 Å². The summed E-state index contributed by atoms with van der Waals surface area (Å²) in [4.78, 5) is 0. The van der Waals surface area contributed by atoms with E-state index in [-0.39, 0.29) is 6.04 Å². The zero-order valence-electron chi connectivity index (χ0n) is 9.92. The zero-order chi connectivity index (χ0) is 13.3. The van der Waals surface area contributed by atoms with Crippen LogP contribution in [0.1, 0.15) is 17.3 Å². The van der Waals surface area contributed by atoms with Crippen molar-refractivity contribution in [2.45, 2.75) is 6.04 Å². The summed E-state index contributed by atoms with van der Waals surface area (Å²) in [6.45, 7) is 0. The first kappa shape index (κ1) is 13.9. The van der Waals surface area contributed by atoms with Crippen LogP contribution in [0, 0.1) is 0 Å². The number of halogens is 3. The van der Waals surface area contributed by atoms with Gasteiger partial charge in [0.15, 0.2) is 0 Å². The highest BCUT2D eigenvalue weighted by Gasteiger charge is 2.21. The van der Waals surface area contributed by atoms with Crippen LogP contribution in [0.4, 0.5) is 0 Å². The van der Waals surface area contributed by atoms with Crippen molar-refractivity contribution < 1.29 is 0 Å². The summed E-state index contributed by atoms with van der Waals surface area (Å²) in [6.07, 6.45) is 1.63. The molecule has 2 rings (SSSR count). The molecule has 0 fully saturated rings. The predicted octanol–water partition coefficient (Wildman–Crippen LogP) is 3.80. The van der Waals surface area contributed by atoms with Crippen LogP contribution in [0.3, 0.4) is 0 Å². The smallest absolute Gasteiger partial charge is 0.0837 e. The molecule has 0 aliphatic carbocycles. The van der Waals surface area contributed by atoms with Crippen LogP contribution in [-0.2, 0) is 7.05 Å². The fourth-order valence-corrected chi connectivity index (χ4v) is 2.80. The van der Waals surface area contributed by atoms with E-state index in [9.17, 15) is 0 Å². The molecule has 1 aromatic heterocycles. The van der Waals surface area contributed by atoms with Gasteiger partial charge in [0, 0.05) is 16.5 Å². The average Bonchev–Trinajstić information content (AvgIpc) is 2.66. The number of hydrogen-bond acceptors (Lipinski definition) is 2. The molecule has 0 saturated carbocycles. The third kappa shape index (κ3) is 2.57.